The molecule has 2 aromatic rings. The number of hydrogen-bond acceptors (Lipinski definition) is 5. The molecule has 130 valence electrons. The van der Waals surface area contributed by atoms with Gasteiger partial charge in [0.05, 0.1) is 11.1 Å². The molecule has 24 heavy (non-hydrogen) atoms. The summed E-state index contributed by atoms with van der Waals surface area (Å²) < 4.78 is 2.90. The summed E-state index contributed by atoms with van der Waals surface area (Å²) in [6.07, 6.45) is 2.64. The van der Waals surface area contributed by atoms with Crippen molar-refractivity contribution < 1.29 is 5.11 Å². The van der Waals surface area contributed by atoms with Gasteiger partial charge in [0.2, 0.25) is 0 Å². The quantitative estimate of drug-likeness (QED) is 0.870. The van der Waals surface area contributed by atoms with Crippen LogP contribution in [-0.2, 0) is 14.1 Å². The molecule has 7 nitrogen and oxygen atoms in total. The number of halogens is 1. The molecule has 0 unspecified atom stereocenters. The Hall–Kier alpha value is -1.86. The molecule has 0 spiro atoms. The SMILES string of the molecule is Cc1ccnc(NC[C@H]2C[C@H](c3nn(C)c(=O)n3C)C[C@H]2O)c1Cl. The van der Waals surface area contributed by atoms with Crippen molar-refractivity contribution in [3.8, 4) is 0 Å². The molecule has 0 aliphatic heterocycles. The van der Waals surface area contributed by atoms with Gasteiger partial charge in [0.1, 0.15) is 11.6 Å². The van der Waals surface area contributed by atoms with E-state index in [2.05, 4.69) is 15.4 Å². The highest BCUT2D eigenvalue weighted by atomic mass is 35.5. The monoisotopic (exact) mass is 351 g/mol. The lowest BCUT2D eigenvalue weighted by Crippen LogP contribution is -2.22. The third-order valence-electron chi connectivity index (χ3n) is 4.80. The fourth-order valence-corrected chi connectivity index (χ4v) is 3.54. The van der Waals surface area contributed by atoms with Crippen molar-refractivity contribution in [3.05, 3.63) is 39.2 Å². The van der Waals surface area contributed by atoms with Gasteiger partial charge in [-0.25, -0.2) is 14.5 Å². The van der Waals surface area contributed by atoms with E-state index in [9.17, 15) is 9.90 Å². The van der Waals surface area contributed by atoms with Gasteiger partial charge in [-0.05, 0) is 31.4 Å². The van der Waals surface area contributed by atoms with Crippen LogP contribution in [0.4, 0.5) is 5.82 Å². The summed E-state index contributed by atoms with van der Waals surface area (Å²) in [4.78, 5) is 16.1. The highest BCUT2D eigenvalue weighted by molar-refractivity contribution is 6.33. The van der Waals surface area contributed by atoms with E-state index < -0.39 is 6.10 Å². The molecule has 3 atom stereocenters. The Kier molecular flexibility index (Phi) is 4.64. The highest BCUT2D eigenvalue weighted by Crippen LogP contribution is 2.37. The molecule has 0 radical (unpaired) electrons. The van der Waals surface area contributed by atoms with Crippen LogP contribution < -0.4 is 11.0 Å². The van der Waals surface area contributed by atoms with Gasteiger partial charge < -0.3 is 10.4 Å². The van der Waals surface area contributed by atoms with Crippen LogP contribution in [0.1, 0.15) is 30.1 Å². The average molecular weight is 352 g/mol. The van der Waals surface area contributed by atoms with E-state index >= 15 is 0 Å². The Morgan fingerprint density at radius 2 is 2.17 bits per heavy atom. The molecule has 1 saturated carbocycles. The van der Waals surface area contributed by atoms with Crippen LogP contribution in [0.2, 0.25) is 5.02 Å². The van der Waals surface area contributed by atoms with Gasteiger partial charge in [0.25, 0.3) is 0 Å². The van der Waals surface area contributed by atoms with Crippen molar-refractivity contribution in [1.29, 1.82) is 0 Å². The van der Waals surface area contributed by atoms with Gasteiger partial charge in [-0.1, -0.05) is 11.6 Å². The van der Waals surface area contributed by atoms with E-state index in [0.717, 1.165) is 17.8 Å². The summed E-state index contributed by atoms with van der Waals surface area (Å²) in [6, 6.07) is 1.86. The van der Waals surface area contributed by atoms with E-state index in [1.165, 1.54) is 4.68 Å². The molecule has 0 amide bonds. The van der Waals surface area contributed by atoms with Crippen LogP contribution in [-0.4, -0.2) is 37.1 Å². The predicted octanol–water partition coefficient (Wildman–Crippen LogP) is 1.44. The lowest BCUT2D eigenvalue weighted by Gasteiger charge is -2.16. The Bertz CT molecular complexity index is 800. The van der Waals surface area contributed by atoms with Crippen molar-refractivity contribution in [2.24, 2.45) is 20.0 Å². The number of aromatic nitrogens is 4. The van der Waals surface area contributed by atoms with Gasteiger partial charge >= 0.3 is 5.69 Å². The van der Waals surface area contributed by atoms with E-state index in [-0.39, 0.29) is 17.5 Å². The molecule has 3 rings (SSSR count). The number of nitrogens with zero attached hydrogens (tertiary/aromatic N) is 4. The summed E-state index contributed by atoms with van der Waals surface area (Å²) in [7, 11) is 3.36. The molecule has 0 aromatic carbocycles. The van der Waals surface area contributed by atoms with E-state index in [1.807, 2.05) is 13.0 Å². The minimum absolute atomic E-state index is 0.0606. The summed E-state index contributed by atoms with van der Waals surface area (Å²) in [5, 5.41) is 18.5. The average Bonchev–Trinajstić information content (AvgIpc) is 3.04. The third kappa shape index (κ3) is 3.06. The normalized spacial score (nSPS) is 23.6. The van der Waals surface area contributed by atoms with Crippen molar-refractivity contribution in [1.82, 2.24) is 19.3 Å². The molecular weight excluding hydrogens is 330 g/mol. The topological polar surface area (TPSA) is 85.0 Å². The number of aliphatic hydroxyl groups is 1. The molecule has 1 aliphatic rings. The minimum atomic E-state index is -0.441. The fourth-order valence-electron chi connectivity index (χ4n) is 3.36. The maximum Gasteiger partial charge on any atom is 0.345 e. The number of aryl methyl sites for hydroxylation is 2. The first-order valence-electron chi connectivity index (χ1n) is 8.01. The largest absolute Gasteiger partial charge is 0.393 e. The number of anilines is 1. The number of rotatable bonds is 4. The third-order valence-corrected chi connectivity index (χ3v) is 5.27. The van der Waals surface area contributed by atoms with Gasteiger partial charge in [0.15, 0.2) is 0 Å². The number of aliphatic hydroxyl groups excluding tert-OH is 1. The van der Waals surface area contributed by atoms with Gasteiger partial charge in [-0.2, -0.15) is 5.10 Å². The Morgan fingerprint density at radius 1 is 1.42 bits per heavy atom. The predicted molar refractivity (Wildman–Crippen MR) is 92.4 cm³/mol. The van der Waals surface area contributed by atoms with Crippen LogP contribution in [0.5, 0.6) is 0 Å². The Morgan fingerprint density at radius 3 is 2.83 bits per heavy atom. The smallest absolute Gasteiger partial charge is 0.345 e. The Balaban J connectivity index is 1.69. The van der Waals surface area contributed by atoms with E-state index in [0.29, 0.717) is 23.8 Å². The zero-order valence-corrected chi connectivity index (χ0v) is 14.8. The second-order valence-corrected chi connectivity index (χ2v) is 6.87. The van der Waals surface area contributed by atoms with Crippen LogP contribution >= 0.6 is 11.6 Å². The van der Waals surface area contributed by atoms with Gasteiger partial charge in [-0.3, -0.25) is 4.57 Å². The van der Waals surface area contributed by atoms with Crippen LogP contribution in [0.15, 0.2) is 17.1 Å². The standard InChI is InChI=1S/C16H22ClN5O2/c1-9-4-5-18-14(13(9)17)19-8-11-6-10(7-12(11)23)15-20-22(3)16(24)21(15)2/h4-5,10-12,23H,6-8H2,1-3H3,(H,18,19)/t10-,11+,12+/m0/s1. The maximum atomic E-state index is 11.9. The molecule has 2 heterocycles. The lowest BCUT2D eigenvalue weighted by molar-refractivity contribution is 0.137. The van der Waals surface area contributed by atoms with Crippen molar-refractivity contribution >= 4 is 17.4 Å². The molecule has 1 aliphatic carbocycles. The van der Waals surface area contributed by atoms with Crippen LogP contribution in [0.3, 0.4) is 0 Å². The number of nitrogens with one attached hydrogen (secondary N) is 1. The summed E-state index contributed by atoms with van der Waals surface area (Å²) in [6.45, 7) is 2.51. The first-order valence-corrected chi connectivity index (χ1v) is 8.39. The molecule has 0 saturated heterocycles. The first kappa shape index (κ1) is 17.0. The summed E-state index contributed by atoms with van der Waals surface area (Å²) in [5.41, 5.74) is 0.819. The number of pyridine rings is 1. The molecule has 8 heteroatoms. The second-order valence-electron chi connectivity index (χ2n) is 6.49. The van der Waals surface area contributed by atoms with Gasteiger partial charge in [-0.15, -0.1) is 0 Å². The first-order chi connectivity index (χ1) is 11.4. The lowest BCUT2D eigenvalue weighted by atomic mass is 10.0. The molecule has 1 fully saturated rings. The molecular formula is C16H22ClN5O2. The van der Waals surface area contributed by atoms with Gasteiger partial charge in [0, 0.05) is 38.7 Å². The van der Waals surface area contributed by atoms with Crippen molar-refractivity contribution in [3.63, 3.8) is 0 Å². The zero-order valence-electron chi connectivity index (χ0n) is 14.0. The zero-order chi connectivity index (χ0) is 17.4. The molecule has 2 N–H and O–H groups in total. The number of hydrogen-bond donors (Lipinski definition) is 2. The van der Waals surface area contributed by atoms with E-state index in [4.69, 9.17) is 11.6 Å². The maximum absolute atomic E-state index is 11.9. The van der Waals surface area contributed by atoms with Crippen molar-refractivity contribution in [2.45, 2.75) is 31.8 Å². The fraction of sp³-hybridized carbons (Fsp3) is 0.562. The molecule has 0 bridgehead atoms. The Labute approximate surface area is 145 Å². The second kappa shape index (κ2) is 6.57. The van der Waals surface area contributed by atoms with Crippen LogP contribution in [0, 0.1) is 12.8 Å². The summed E-state index contributed by atoms with van der Waals surface area (Å²) >= 11 is 6.24. The highest BCUT2D eigenvalue weighted by Gasteiger charge is 2.36. The molecule has 2 aromatic heterocycles. The summed E-state index contributed by atoms with van der Waals surface area (Å²) in [5.74, 6) is 1.51. The van der Waals surface area contributed by atoms with Crippen LogP contribution in [0.25, 0.3) is 0 Å². The van der Waals surface area contributed by atoms with E-state index in [1.54, 1.807) is 24.9 Å². The van der Waals surface area contributed by atoms with Crippen molar-refractivity contribution in [2.75, 3.05) is 11.9 Å². The minimum Gasteiger partial charge on any atom is -0.393 e.